The van der Waals surface area contributed by atoms with Crippen molar-refractivity contribution in [3.63, 3.8) is 0 Å². The van der Waals surface area contributed by atoms with Crippen LogP contribution in [-0.2, 0) is 16.0 Å². The van der Waals surface area contributed by atoms with E-state index in [2.05, 4.69) is 5.32 Å². The van der Waals surface area contributed by atoms with E-state index >= 15 is 0 Å². The van der Waals surface area contributed by atoms with Gasteiger partial charge in [0.2, 0.25) is 5.91 Å². The normalized spacial score (nSPS) is 10.4. The Bertz CT molecular complexity index is 933. The highest BCUT2D eigenvalue weighted by atomic mass is 32.1. The van der Waals surface area contributed by atoms with Gasteiger partial charge in [0.15, 0.2) is 0 Å². The van der Waals surface area contributed by atoms with Gasteiger partial charge in [-0.25, -0.2) is 4.79 Å². The topological polar surface area (TPSA) is 55.4 Å². The van der Waals surface area contributed by atoms with Crippen LogP contribution in [-0.4, -0.2) is 18.5 Å². The maximum atomic E-state index is 12.7. The van der Waals surface area contributed by atoms with Crippen LogP contribution in [0.15, 0.2) is 60.7 Å². The van der Waals surface area contributed by atoms with Crippen molar-refractivity contribution in [1.29, 1.82) is 0 Å². The van der Waals surface area contributed by atoms with Crippen molar-refractivity contribution in [3.05, 3.63) is 77.4 Å². The van der Waals surface area contributed by atoms with Gasteiger partial charge in [0.1, 0.15) is 5.00 Å². The number of carbonyl (C=O) groups is 2. The second-order valence-corrected chi connectivity index (χ2v) is 7.06. The van der Waals surface area contributed by atoms with Gasteiger partial charge in [-0.3, -0.25) is 4.79 Å². The molecule has 0 aliphatic rings. The molecule has 0 bridgehead atoms. The zero-order chi connectivity index (χ0) is 19.2. The predicted molar refractivity (Wildman–Crippen MR) is 109 cm³/mol. The van der Waals surface area contributed by atoms with E-state index in [-0.39, 0.29) is 12.5 Å². The molecule has 0 aliphatic carbocycles. The first-order chi connectivity index (χ1) is 13.1. The molecule has 0 fully saturated rings. The first-order valence-corrected chi connectivity index (χ1v) is 9.61. The Morgan fingerprint density at radius 1 is 1.00 bits per heavy atom. The zero-order valence-corrected chi connectivity index (χ0v) is 16.1. The zero-order valence-electron chi connectivity index (χ0n) is 15.3. The summed E-state index contributed by atoms with van der Waals surface area (Å²) in [4.78, 5) is 25.4. The van der Waals surface area contributed by atoms with E-state index < -0.39 is 5.97 Å². The fourth-order valence-corrected chi connectivity index (χ4v) is 4.18. The number of anilines is 1. The molecule has 0 saturated carbocycles. The van der Waals surface area contributed by atoms with Crippen LogP contribution in [0, 0.1) is 0 Å². The van der Waals surface area contributed by atoms with Crippen LogP contribution in [0.1, 0.15) is 35.3 Å². The second kappa shape index (κ2) is 8.64. The van der Waals surface area contributed by atoms with E-state index in [1.807, 2.05) is 60.7 Å². The van der Waals surface area contributed by atoms with E-state index in [0.29, 0.717) is 17.0 Å². The van der Waals surface area contributed by atoms with E-state index in [0.717, 1.165) is 21.6 Å². The lowest BCUT2D eigenvalue weighted by Gasteiger charge is -2.09. The van der Waals surface area contributed by atoms with Gasteiger partial charge in [0.05, 0.1) is 12.2 Å². The lowest BCUT2D eigenvalue weighted by molar-refractivity contribution is -0.114. The van der Waals surface area contributed by atoms with Gasteiger partial charge in [-0.05, 0) is 30.0 Å². The lowest BCUT2D eigenvalue weighted by Crippen LogP contribution is -2.12. The van der Waals surface area contributed by atoms with Crippen LogP contribution in [0.4, 0.5) is 5.00 Å². The Morgan fingerprint density at radius 3 is 2.22 bits per heavy atom. The van der Waals surface area contributed by atoms with Gasteiger partial charge in [0, 0.05) is 11.8 Å². The van der Waals surface area contributed by atoms with Gasteiger partial charge in [-0.2, -0.15) is 0 Å². The highest BCUT2D eigenvalue weighted by Gasteiger charge is 2.26. The quantitative estimate of drug-likeness (QED) is 0.603. The lowest BCUT2D eigenvalue weighted by atomic mass is 9.98. The standard InChI is InChI=1S/C22H21NO3S/c1-3-26-22(25)19-18(14-16-10-6-4-7-11-16)20(17-12-8-5-9-13-17)27-21(19)23-15(2)24/h4-13H,3,14H2,1-2H3,(H,23,24). The van der Waals surface area contributed by atoms with Gasteiger partial charge in [-0.1, -0.05) is 60.7 Å². The number of amides is 1. The number of ether oxygens (including phenoxy) is 1. The summed E-state index contributed by atoms with van der Waals surface area (Å²) in [6.45, 7) is 3.49. The summed E-state index contributed by atoms with van der Waals surface area (Å²) in [5.74, 6) is -0.627. The SMILES string of the molecule is CCOC(=O)c1c(NC(C)=O)sc(-c2ccccc2)c1Cc1ccccc1. The van der Waals surface area contributed by atoms with Crippen molar-refractivity contribution < 1.29 is 14.3 Å². The number of thiophene rings is 1. The molecule has 1 N–H and O–H groups in total. The molecule has 5 heteroatoms. The molecular formula is C22H21NO3S. The molecule has 0 saturated heterocycles. The third-order valence-corrected chi connectivity index (χ3v) is 5.23. The van der Waals surface area contributed by atoms with Crippen LogP contribution in [0.2, 0.25) is 0 Å². The van der Waals surface area contributed by atoms with E-state index in [9.17, 15) is 9.59 Å². The number of esters is 1. The molecule has 4 nitrogen and oxygen atoms in total. The summed E-state index contributed by atoms with van der Waals surface area (Å²) in [5.41, 5.74) is 3.42. The highest BCUT2D eigenvalue weighted by molar-refractivity contribution is 7.20. The molecule has 27 heavy (non-hydrogen) atoms. The molecule has 0 radical (unpaired) electrons. The van der Waals surface area contributed by atoms with Crippen LogP contribution in [0.3, 0.4) is 0 Å². The summed E-state index contributed by atoms with van der Waals surface area (Å²) in [6, 6.07) is 19.9. The average Bonchev–Trinajstić information content (AvgIpc) is 3.00. The summed E-state index contributed by atoms with van der Waals surface area (Å²) in [5, 5.41) is 3.34. The van der Waals surface area contributed by atoms with Crippen molar-refractivity contribution >= 4 is 28.2 Å². The van der Waals surface area contributed by atoms with Crippen LogP contribution in [0.5, 0.6) is 0 Å². The summed E-state index contributed by atoms with van der Waals surface area (Å²) in [6.07, 6.45) is 0.579. The van der Waals surface area contributed by atoms with E-state index in [1.54, 1.807) is 6.92 Å². The maximum Gasteiger partial charge on any atom is 0.341 e. The molecule has 1 aromatic heterocycles. The average molecular weight is 379 g/mol. The second-order valence-electron chi connectivity index (χ2n) is 6.04. The first kappa shape index (κ1) is 18.9. The Labute approximate surface area is 162 Å². The molecule has 0 unspecified atom stereocenters. The molecular weight excluding hydrogens is 358 g/mol. The fraction of sp³-hybridized carbons (Fsp3) is 0.182. The van der Waals surface area contributed by atoms with E-state index in [4.69, 9.17) is 4.74 Å². The number of hydrogen-bond acceptors (Lipinski definition) is 4. The molecule has 3 rings (SSSR count). The van der Waals surface area contributed by atoms with Gasteiger partial charge >= 0.3 is 5.97 Å². The van der Waals surface area contributed by atoms with E-state index in [1.165, 1.54) is 18.3 Å². The third-order valence-electron chi connectivity index (χ3n) is 4.04. The van der Waals surface area contributed by atoms with Crippen LogP contribution >= 0.6 is 11.3 Å². The van der Waals surface area contributed by atoms with Crippen molar-refractivity contribution in [3.8, 4) is 10.4 Å². The number of carbonyl (C=O) groups excluding carboxylic acids is 2. The summed E-state index contributed by atoms with van der Waals surface area (Å²) < 4.78 is 5.29. The number of benzene rings is 2. The number of hydrogen-bond donors (Lipinski definition) is 1. The molecule has 2 aromatic carbocycles. The van der Waals surface area contributed by atoms with Crippen LogP contribution in [0.25, 0.3) is 10.4 Å². The highest BCUT2D eigenvalue weighted by Crippen LogP contribution is 2.42. The van der Waals surface area contributed by atoms with Gasteiger partial charge in [-0.15, -0.1) is 11.3 Å². The smallest absolute Gasteiger partial charge is 0.341 e. The summed E-state index contributed by atoms with van der Waals surface area (Å²) >= 11 is 1.41. The maximum absolute atomic E-state index is 12.7. The molecule has 138 valence electrons. The first-order valence-electron chi connectivity index (χ1n) is 8.79. The van der Waals surface area contributed by atoms with Crippen LogP contribution < -0.4 is 5.32 Å². The minimum Gasteiger partial charge on any atom is -0.462 e. The molecule has 0 spiro atoms. The van der Waals surface area contributed by atoms with Crippen molar-refractivity contribution in [2.45, 2.75) is 20.3 Å². The van der Waals surface area contributed by atoms with Gasteiger partial charge in [0.25, 0.3) is 0 Å². The van der Waals surface area contributed by atoms with Crippen molar-refractivity contribution in [2.75, 3.05) is 11.9 Å². The van der Waals surface area contributed by atoms with Crippen molar-refractivity contribution in [1.82, 2.24) is 0 Å². The Kier molecular flexibility index (Phi) is 6.04. The number of rotatable bonds is 6. The minimum atomic E-state index is -0.411. The third kappa shape index (κ3) is 4.44. The monoisotopic (exact) mass is 379 g/mol. The van der Waals surface area contributed by atoms with Crippen molar-refractivity contribution in [2.24, 2.45) is 0 Å². The van der Waals surface area contributed by atoms with Gasteiger partial charge < -0.3 is 10.1 Å². The Morgan fingerprint density at radius 2 is 1.63 bits per heavy atom. The molecule has 1 heterocycles. The predicted octanol–water partition coefficient (Wildman–Crippen LogP) is 5.14. The fourth-order valence-electron chi connectivity index (χ4n) is 2.92. The number of nitrogens with one attached hydrogen (secondary N) is 1. The molecule has 0 atom stereocenters. The Hall–Kier alpha value is -2.92. The summed E-state index contributed by atoms with van der Waals surface area (Å²) in [7, 11) is 0. The minimum absolute atomic E-state index is 0.215. The Balaban J connectivity index is 2.19. The molecule has 1 amide bonds. The molecule has 3 aromatic rings. The molecule has 0 aliphatic heterocycles. The largest absolute Gasteiger partial charge is 0.462 e.